The predicted octanol–water partition coefficient (Wildman–Crippen LogP) is 0.992. The van der Waals surface area contributed by atoms with E-state index in [0.717, 1.165) is 37.1 Å². The van der Waals surface area contributed by atoms with Gasteiger partial charge in [-0.25, -0.2) is 0 Å². The fourth-order valence-electron chi connectivity index (χ4n) is 3.94. The third kappa shape index (κ3) is 3.42. The molecule has 2 fully saturated rings. The van der Waals surface area contributed by atoms with Gasteiger partial charge in [-0.2, -0.15) is 0 Å². The number of carbonyl (C=O) groups excluding carboxylic acids is 1. The Bertz CT molecular complexity index is 733. The van der Waals surface area contributed by atoms with Gasteiger partial charge in [0.05, 0.1) is 12.1 Å². The number of carbonyl (C=O) groups is 1. The van der Waals surface area contributed by atoms with Gasteiger partial charge in [0.25, 0.3) is 5.91 Å². The van der Waals surface area contributed by atoms with Gasteiger partial charge in [-0.05, 0) is 25.6 Å². The lowest BCUT2D eigenvalue weighted by molar-refractivity contribution is 0.000488. The molecule has 2 saturated heterocycles. The number of H-pyrrole nitrogens is 1. The fraction of sp³-hybridized carbons (Fsp3) is 0.526. The monoisotopic (exact) mass is 342 g/mol. The summed E-state index contributed by atoms with van der Waals surface area (Å²) in [4.78, 5) is 22.4. The van der Waals surface area contributed by atoms with Gasteiger partial charge in [0.15, 0.2) is 0 Å². The van der Waals surface area contributed by atoms with Gasteiger partial charge < -0.3 is 19.9 Å². The molecule has 1 atom stereocenters. The largest absolute Gasteiger partial charge is 0.387 e. The molecular formula is C19H26N4O2. The van der Waals surface area contributed by atoms with Gasteiger partial charge in [0.2, 0.25) is 0 Å². The fourth-order valence-corrected chi connectivity index (χ4v) is 3.94. The Morgan fingerprint density at radius 1 is 1.20 bits per heavy atom. The van der Waals surface area contributed by atoms with Crippen molar-refractivity contribution in [1.29, 1.82) is 0 Å². The smallest absolute Gasteiger partial charge is 0.270 e. The number of rotatable bonds is 3. The SMILES string of the molecule is CN1CCN(C[C@@]2(O)CCN(C(=O)c3cc4ccccc4[nH]3)C2)CC1. The van der Waals surface area contributed by atoms with Crippen molar-refractivity contribution in [2.45, 2.75) is 12.0 Å². The van der Waals surface area contributed by atoms with E-state index in [1.807, 2.05) is 30.3 Å². The Hall–Kier alpha value is -1.89. The van der Waals surface area contributed by atoms with Crippen LogP contribution in [0.4, 0.5) is 0 Å². The van der Waals surface area contributed by atoms with Gasteiger partial charge in [-0.1, -0.05) is 18.2 Å². The number of piperazine rings is 1. The second kappa shape index (κ2) is 6.44. The number of nitrogens with one attached hydrogen (secondary N) is 1. The van der Waals surface area contributed by atoms with Gasteiger partial charge in [-0.15, -0.1) is 0 Å². The Balaban J connectivity index is 1.41. The Labute approximate surface area is 148 Å². The minimum Gasteiger partial charge on any atom is -0.387 e. The summed E-state index contributed by atoms with van der Waals surface area (Å²) in [6.07, 6.45) is 0.644. The van der Waals surface area contributed by atoms with Crippen LogP contribution in [0.3, 0.4) is 0 Å². The average Bonchev–Trinajstić information content (AvgIpc) is 3.20. The number of nitrogens with zero attached hydrogens (tertiary/aromatic N) is 3. The van der Waals surface area contributed by atoms with E-state index >= 15 is 0 Å². The number of likely N-dealkylation sites (tertiary alicyclic amines) is 1. The molecular weight excluding hydrogens is 316 g/mol. The van der Waals surface area contributed by atoms with Crippen LogP contribution in [-0.4, -0.2) is 89.2 Å². The van der Waals surface area contributed by atoms with Gasteiger partial charge in [-0.3, -0.25) is 9.69 Å². The summed E-state index contributed by atoms with van der Waals surface area (Å²) >= 11 is 0. The first-order valence-electron chi connectivity index (χ1n) is 9.03. The quantitative estimate of drug-likeness (QED) is 0.873. The number of aromatic amines is 1. The summed E-state index contributed by atoms with van der Waals surface area (Å²) in [5.74, 6) is -0.0227. The van der Waals surface area contributed by atoms with Crippen molar-refractivity contribution in [3.8, 4) is 0 Å². The van der Waals surface area contributed by atoms with Gasteiger partial charge in [0, 0.05) is 50.2 Å². The number of benzene rings is 1. The number of hydrogen-bond donors (Lipinski definition) is 2. The van der Waals surface area contributed by atoms with E-state index in [0.29, 0.717) is 31.7 Å². The first kappa shape index (κ1) is 16.6. The Kier molecular flexibility index (Phi) is 4.27. The van der Waals surface area contributed by atoms with Crippen LogP contribution in [0.1, 0.15) is 16.9 Å². The highest BCUT2D eigenvalue weighted by Gasteiger charge is 2.40. The standard InChI is InChI=1S/C19H26N4O2/c1-21-8-10-22(11-9-21)13-19(25)6-7-23(14-19)18(24)17-12-15-4-2-3-5-16(15)20-17/h2-5,12,20,25H,6-11,13-14H2,1H3/t19-/m0/s1. The van der Waals surface area contributed by atoms with E-state index < -0.39 is 5.60 Å². The number of amides is 1. The highest BCUT2D eigenvalue weighted by Crippen LogP contribution is 2.25. The molecule has 2 aromatic rings. The van der Waals surface area contributed by atoms with E-state index in [1.165, 1.54) is 0 Å². The van der Waals surface area contributed by atoms with Crippen molar-refractivity contribution >= 4 is 16.8 Å². The summed E-state index contributed by atoms with van der Waals surface area (Å²) < 4.78 is 0. The minimum atomic E-state index is -0.794. The molecule has 3 heterocycles. The summed E-state index contributed by atoms with van der Waals surface area (Å²) in [5.41, 5.74) is 0.778. The number of likely N-dealkylation sites (N-methyl/N-ethyl adjacent to an activating group) is 1. The molecule has 4 rings (SSSR count). The Morgan fingerprint density at radius 3 is 2.72 bits per heavy atom. The lowest BCUT2D eigenvalue weighted by Gasteiger charge is -2.36. The summed E-state index contributed by atoms with van der Waals surface area (Å²) in [5, 5.41) is 12.0. The zero-order valence-corrected chi connectivity index (χ0v) is 14.7. The number of β-amino-alcohol motifs (C(OH)–C–C–N with tert-alkyl or cyclic N) is 1. The number of aromatic nitrogens is 1. The zero-order valence-electron chi connectivity index (χ0n) is 14.7. The molecule has 1 amide bonds. The maximum absolute atomic E-state index is 12.8. The van der Waals surface area contributed by atoms with E-state index in [1.54, 1.807) is 4.90 Å². The van der Waals surface area contributed by atoms with Crippen molar-refractivity contribution in [3.05, 3.63) is 36.0 Å². The number of aliphatic hydroxyl groups is 1. The van der Waals surface area contributed by atoms with Crippen molar-refractivity contribution < 1.29 is 9.90 Å². The molecule has 0 spiro atoms. The summed E-state index contributed by atoms with van der Waals surface area (Å²) in [6, 6.07) is 9.79. The minimum absolute atomic E-state index is 0.0227. The molecule has 2 aliphatic heterocycles. The molecule has 6 nitrogen and oxygen atoms in total. The van der Waals surface area contributed by atoms with E-state index in [-0.39, 0.29) is 5.91 Å². The number of fused-ring (bicyclic) bond motifs is 1. The van der Waals surface area contributed by atoms with E-state index in [4.69, 9.17) is 0 Å². The van der Waals surface area contributed by atoms with Crippen LogP contribution in [0.2, 0.25) is 0 Å². The highest BCUT2D eigenvalue weighted by molar-refractivity contribution is 5.98. The van der Waals surface area contributed by atoms with Crippen LogP contribution in [0, 0.1) is 0 Å². The van der Waals surface area contributed by atoms with Crippen LogP contribution in [-0.2, 0) is 0 Å². The van der Waals surface area contributed by atoms with E-state index in [9.17, 15) is 9.90 Å². The number of para-hydroxylation sites is 1. The molecule has 2 N–H and O–H groups in total. The average molecular weight is 342 g/mol. The molecule has 1 aromatic carbocycles. The van der Waals surface area contributed by atoms with Crippen molar-refractivity contribution in [3.63, 3.8) is 0 Å². The maximum Gasteiger partial charge on any atom is 0.270 e. The zero-order chi connectivity index (χ0) is 17.4. The lowest BCUT2D eigenvalue weighted by Crippen LogP contribution is -2.52. The topological polar surface area (TPSA) is 62.8 Å². The van der Waals surface area contributed by atoms with Crippen molar-refractivity contribution in [2.75, 3.05) is 52.9 Å². The van der Waals surface area contributed by atoms with Crippen LogP contribution < -0.4 is 0 Å². The second-order valence-electron chi connectivity index (χ2n) is 7.55. The maximum atomic E-state index is 12.8. The Morgan fingerprint density at radius 2 is 1.96 bits per heavy atom. The molecule has 0 aliphatic carbocycles. The predicted molar refractivity (Wildman–Crippen MR) is 97.7 cm³/mol. The molecule has 134 valence electrons. The summed E-state index contributed by atoms with van der Waals surface area (Å²) in [7, 11) is 2.13. The third-order valence-corrected chi connectivity index (χ3v) is 5.49. The molecule has 0 unspecified atom stereocenters. The van der Waals surface area contributed by atoms with Crippen molar-refractivity contribution in [2.24, 2.45) is 0 Å². The summed E-state index contributed by atoms with van der Waals surface area (Å²) in [6.45, 7) is 5.70. The second-order valence-corrected chi connectivity index (χ2v) is 7.55. The molecule has 25 heavy (non-hydrogen) atoms. The van der Waals surface area contributed by atoms with Gasteiger partial charge in [0.1, 0.15) is 5.69 Å². The van der Waals surface area contributed by atoms with Crippen LogP contribution >= 0.6 is 0 Å². The third-order valence-electron chi connectivity index (χ3n) is 5.49. The normalized spacial score (nSPS) is 25.8. The molecule has 2 aliphatic rings. The van der Waals surface area contributed by atoms with Crippen LogP contribution in [0.5, 0.6) is 0 Å². The first-order valence-corrected chi connectivity index (χ1v) is 9.03. The first-order chi connectivity index (χ1) is 12.0. The van der Waals surface area contributed by atoms with E-state index in [2.05, 4.69) is 21.8 Å². The lowest BCUT2D eigenvalue weighted by atomic mass is 10.0. The molecule has 6 heteroatoms. The molecule has 0 bridgehead atoms. The van der Waals surface area contributed by atoms with Crippen LogP contribution in [0.15, 0.2) is 30.3 Å². The van der Waals surface area contributed by atoms with Gasteiger partial charge >= 0.3 is 0 Å². The number of hydrogen-bond acceptors (Lipinski definition) is 4. The molecule has 0 saturated carbocycles. The van der Waals surface area contributed by atoms with Crippen LogP contribution in [0.25, 0.3) is 10.9 Å². The highest BCUT2D eigenvalue weighted by atomic mass is 16.3. The molecule has 0 radical (unpaired) electrons. The van der Waals surface area contributed by atoms with Crippen molar-refractivity contribution in [1.82, 2.24) is 19.7 Å². The molecule has 1 aromatic heterocycles.